The summed E-state index contributed by atoms with van der Waals surface area (Å²) in [7, 11) is 0. The van der Waals surface area contributed by atoms with Gasteiger partial charge >= 0.3 is 6.09 Å². The summed E-state index contributed by atoms with van der Waals surface area (Å²) >= 11 is 4.32. The fourth-order valence-corrected chi connectivity index (χ4v) is 3.67. The first-order valence-corrected chi connectivity index (χ1v) is 12.5. The molecule has 0 saturated carbocycles. The smallest absolute Gasteiger partial charge is 0.408 e. The highest BCUT2D eigenvalue weighted by atomic mass is 32.1. The number of amides is 3. The predicted molar refractivity (Wildman–Crippen MR) is 140 cm³/mol. The summed E-state index contributed by atoms with van der Waals surface area (Å²) < 4.78 is 5.34. The minimum Gasteiger partial charge on any atom is -0.444 e. The fourth-order valence-electron chi connectivity index (χ4n) is 3.42. The average molecular weight is 494 g/mol. The van der Waals surface area contributed by atoms with E-state index in [9.17, 15) is 14.4 Å². The lowest BCUT2D eigenvalue weighted by Gasteiger charge is -2.39. The lowest BCUT2D eigenvalue weighted by molar-refractivity contribution is -0.145. The quantitative estimate of drug-likeness (QED) is 0.458. The molecule has 1 rings (SSSR count). The minimum atomic E-state index is -0.955. The van der Waals surface area contributed by atoms with E-state index in [1.54, 1.807) is 25.7 Å². The van der Waals surface area contributed by atoms with Crippen LogP contribution in [0.2, 0.25) is 0 Å². The molecule has 3 unspecified atom stereocenters. The SMILES string of the molecule is CCC(C)N(C(=O)C(CS)NC(=O)OC(C)(C)C)C(C(=O)NC(C)(C)C)c1ccc(C)c(C)c1. The molecule has 1 aromatic carbocycles. The summed E-state index contributed by atoms with van der Waals surface area (Å²) in [6.07, 6.45) is -0.0763. The monoisotopic (exact) mass is 493 g/mol. The van der Waals surface area contributed by atoms with Gasteiger partial charge in [0.1, 0.15) is 17.7 Å². The highest BCUT2D eigenvalue weighted by Crippen LogP contribution is 2.28. The number of ether oxygens (including phenoxy) is 1. The standard InChI is InChI=1S/C26H43N3O4S/c1-11-18(4)29(23(31)20(15-34)27-24(32)33-26(8,9)10)21(22(30)28-25(5,6)7)19-13-12-16(2)17(3)14-19/h12-14,18,20-21,34H,11,15H2,1-10H3,(H,27,32)(H,28,30). The summed E-state index contributed by atoms with van der Waals surface area (Å²) in [5.74, 6) is -0.604. The van der Waals surface area contributed by atoms with E-state index >= 15 is 0 Å². The van der Waals surface area contributed by atoms with E-state index in [-0.39, 0.29) is 23.6 Å². The van der Waals surface area contributed by atoms with Crippen LogP contribution >= 0.6 is 12.6 Å². The maximum Gasteiger partial charge on any atom is 0.408 e. The largest absolute Gasteiger partial charge is 0.444 e. The number of hydrogen-bond donors (Lipinski definition) is 3. The molecule has 0 aliphatic carbocycles. The molecular formula is C26H43N3O4S. The second kappa shape index (κ2) is 12.0. The number of benzene rings is 1. The van der Waals surface area contributed by atoms with Crippen molar-refractivity contribution >= 4 is 30.5 Å². The fraction of sp³-hybridized carbons (Fsp3) is 0.654. The van der Waals surface area contributed by atoms with Crippen LogP contribution in [0.5, 0.6) is 0 Å². The van der Waals surface area contributed by atoms with Gasteiger partial charge in [0.25, 0.3) is 0 Å². The molecule has 3 atom stereocenters. The molecular weight excluding hydrogens is 450 g/mol. The van der Waals surface area contributed by atoms with Gasteiger partial charge in [-0.25, -0.2) is 4.79 Å². The van der Waals surface area contributed by atoms with Crippen LogP contribution in [-0.4, -0.2) is 51.8 Å². The topological polar surface area (TPSA) is 87.7 Å². The van der Waals surface area contributed by atoms with Gasteiger partial charge < -0.3 is 20.3 Å². The van der Waals surface area contributed by atoms with Crippen LogP contribution in [0.1, 0.15) is 84.5 Å². The van der Waals surface area contributed by atoms with Gasteiger partial charge in [-0.05, 0) is 85.4 Å². The average Bonchev–Trinajstić information content (AvgIpc) is 2.68. The van der Waals surface area contributed by atoms with Crippen molar-refractivity contribution in [3.8, 4) is 0 Å². The lowest BCUT2D eigenvalue weighted by Crippen LogP contribution is -2.57. The van der Waals surface area contributed by atoms with Crippen molar-refractivity contribution < 1.29 is 19.1 Å². The van der Waals surface area contributed by atoms with Crippen LogP contribution in [0.25, 0.3) is 0 Å². The Bertz CT molecular complexity index is 874. The molecule has 0 saturated heterocycles. The molecule has 3 amide bonds. The van der Waals surface area contributed by atoms with E-state index in [1.807, 2.05) is 66.7 Å². The lowest BCUT2D eigenvalue weighted by atomic mass is 9.96. The van der Waals surface area contributed by atoms with Crippen molar-refractivity contribution in [3.05, 3.63) is 34.9 Å². The molecule has 7 nitrogen and oxygen atoms in total. The van der Waals surface area contributed by atoms with Crippen LogP contribution in [0.15, 0.2) is 18.2 Å². The van der Waals surface area contributed by atoms with Crippen molar-refractivity contribution in [3.63, 3.8) is 0 Å². The highest BCUT2D eigenvalue weighted by Gasteiger charge is 2.39. The number of alkyl carbamates (subject to hydrolysis) is 1. The van der Waals surface area contributed by atoms with Crippen molar-refractivity contribution in [2.45, 2.75) is 105 Å². The Morgan fingerprint density at radius 1 is 1.06 bits per heavy atom. The van der Waals surface area contributed by atoms with Crippen molar-refractivity contribution in [2.24, 2.45) is 0 Å². The first kappa shape index (κ1) is 29.8. The second-order valence-electron chi connectivity index (χ2n) is 10.9. The number of aryl methyl sites for hydroxylation is 2. The van der Waals surface area contributed by atoms with Gasteiger partial charge in [-0.3, -0.25) is 9.59 Å². The predicted octanol–water partition coefficient (Wildman–Crippen LogP) is 4.71. The normalized spacial score (nSPS) is 14.6. The zero-order valence-electron chi connectivity index (χ0n) is 22.4. The molecule has 0 radical (unpaired) electrons. The summed E-state index contributed by atoms with van der Waals surface area (Å²) in [5, 5.41) is 5.67. The van der Waals surface area contributed by atoms with Gasteiger partial charge in [0, 0.05) is 17.3 Å². The molecule has 0 aromatic heterocycles. The Morgan fingerprint density at radius 3 is 2.09 bits per heavy atom. The van der Waals surface area contributed by atoms with E-state index in [2.05, 4.69) is 23.3 Å². The van der Waals surface area contributed by atoms with E-state index in [4.69, 9.17) is 4.74 Å². The number of rotatable bonds is 8. The van der Waals surface area contributed by atoms with E-state index in [0.717, 1.165) is 11.1 Å². The van der Waals surface area contributed by atoms with Gasteiger partial charge in [0.15, 0.2) is 0 Å². The third kappa shape index (κ3) is 8.85. The molecule has 0 aliphatic rings. The number of nitrogens with zero attached hydrogens (tertiary/aromatic N) is 1. The molecule has 1 aromatic rings. The van der Waals surface area contributed by atoms with E-state index in [1.165, 1.54) is 0 Å². The Labute approximate surface area is 210 Å². The number of carbonyl (C=O) groups excluding carboxylic acids is 3. The molecule has 0 heterocycles. The van der Waals surface area contributed by atoms with Crippen LogP contribution in [0, 0.1) is 13.8 Å². The summed E-state index contributed by atoms with van der Waals surface area (Å²) in [5.41, 5.74) is 1.64. The Balaban J connectivity index is 3.52. The summed E-state index contributed by atoms with van der Waals surface area (Å²) in [6.45, 7) is 18.8. The summed E-state index contributed by atoms with van der Waals surface area (Å²) in [4.78, 5) is 41.4. The summed E-state index contributed by atoms with van der Waals surface area (Å²) in [6, 6.07) is 3.69. The minimum absolute atomic E-state index is 0.0611. The maximum absolute atomic E-state index is 13.8. The molecule has 0 fully saturated rings. The first-order chi connectivity index (χ1) is 15.5. The van der Waals surface area contributed by atoms with Crippen molar-refractivity contribution in [1.29, 1.82) is 0 Å². The first-order valence-electron chi connectivity index (χ1n) is 11.8. The molecule has 8 heteroatoms. The Morgan fingerprint density at radius 2 is 1.65 bits per heavy atom. The number of thiol groups is 1. The zero-order chi connectivity index (χ0) is 26.4. The third-order valence-electron chi connectivity index (χ3n) is 5.36. The highest BCUT2D eigenvalue weighted by molar-refractivity contribution is 7.80. The van der Waals surface area contributed by atoms with Crippen molar-refractivity contribution in [1.82, 2.24) is 15.5 Å². The number of nitrogens with one attached hydrogen (secondary N) is 2. The Kier molecular flexibility index (Phi) is 10.5. The molecule has 34 heavy (non-hydrogen) atoms. The van der Waals surface area contributed by atoms with Crippen LogP contribution < -0.4 is 10.6 Å². The zero-order valence-corrected chi connectivity index (χ0v) is 23.3. The van der Waals surface area contributed by atoms with Gasteiger partial charge in [-0.2, -0.15) is 12.6 Å². The van der Waals surface area contributed by atoms with Gasteiger partial charge in [0.2, 0.25) is 11.8 Å². The van der Waals surface area contributed by atoms with Gasteiger partial charge in [0.05, 0.1) is 0 Å². The van der Waals surface area contributed by atoms with Crippen LogP contribution in [0.4, 0.5) is 4.79 Å². The number of carbonyl (C=O) groups is 3. The second-order valence-corrected chi connectivity index (χ2v) is 11.2. The van der Waals surface area contributed by atoms with Gasteiger partial charge in [-0.1, -0.05) is 25.1 Å². The molecule has 0 aliphatic heterocycles. The molecule has 0 spiro atoms. The third-order valence-corrected chi connectivity index (χ3v) is 5.73. The van der Waals surface area contributed by atoms with Crippen molar-refractivity contribution in [2.75, 3.05) is 5.75 Å². The van der Waals surface area contributed by atoms with Crippen LogP contribution in [0.3, 0.4) is 0 Å². The van der Waals surface area contributed by atoms with E-state index < -0.39 is 29.3 Å². The van der Waals surface area contributed by atoms with E-state index in [0.29, 0.717) is 12.0 Å². The Hall–Kier alpha value is -2.22. The molecule has 192 valence electrons. The number of hydrogen-bond acceptors (Lipinski definition) is 5. The van der Waals surface area contributed by atoms with Crippen LogP contribution in [-0.2, 0) is 14.3 Å². The molecule has 2 N–H and O–H groups in total. The molecule has 0 bridgehead atoms. The van der Waals surface area contributed by atoms with Gasteiger partial charge in [-0.15, -0.1) is 0 Å². The maximum atomic E-state index is 13.8.